The molecular formula is C18H15N5O. The fraction of sp³-hybridized carbons (Fsp3) is 0.111. The second-order valence-corrected chi connectivity index (χ2v) is 5.20. The molecule has 0 amide bonds. The Morgan fingerprint density at radius 3 is 2.71 bits per heavy atom. The van der Waals surface area contributed by atoms with Crippen LogP contribution in [0.5, 0.6) is 5.75 Å². The van der Waals surface area contributed by atoms with Crippen molar-refractivity contribution in [2.24, 2.45) is 0 Å². The van der Waals surface area contributed by atoms with Gasteiger partial charge in [-0.25, -0.2) is 4.98 Å². The zero-order valence-electron chi connectivity index (χ0n) is 13.1. The van der Waals surface area contributed by atoms with Crippen LogP contribution in [-0.2, 0) is 0 Å². The van der Waals surface area contributed by atoms with Crippen molar-refractivity contribution in [3.05, 3.63) is 60.7 Å². The van der Waals surface area contributed by atoms with E-state index < -0.39 is 0 Å². The lowest BCUT2D eigenvalue weighted by Gasteiger charge is -2.10. The number of ether oxygens (including phenoxy) is 1. The van der Waals surface area contributed by atoms with Crippen LogP contribution in [-0.4, -0.2) is 31.8 Å². The molecule has 4 rings (SSSR count). The van der Waals surface area contributed by atoms with E-state index in [4.69, 9.17) is 4.74 Å². The van der Waals surface area contributed by atoms with Gasteiger partial charge in [0.2, 0.25) is 5.82 Å². The summed E-state index contributed by atoms with van der Waals surface area (Å²) in [5.74, 6) is 1.31. The van der Waals surface area contributed by atoms with Crippen molar-refractivity contribution >= 4 is 10.9 Å². The summed E-state index contributed by atoms with van der Waals surface area (Å²) in [7, 11) is 0. The Labute approximate surface area is 138 Å². The largest absolute Gasteiger partial charge is 0.492 e. The van der Waals surface area contributed by atoms with Crippen LogP contribution >= 0.6 is 0 Å². The SMILES string of the molecule is CCOc1ccccc1-n1nnnc1-c1ccc2ccccc2n1. The summed E-state index contributed by atoms with van der Waals surface area (Å²) in [6.45, 7) is 2.52. The molecule has 6 heteroatoms. The highest BCUT2D eigenvalue weighted by Gasteiger charge is 2.15. The maximum atomic E-state index is 5.69. The van der Waals surface area contributed by atoms with Gasteiger partial charge in [-0.3, -0.25) is 0 Å². The Kier molecular flexibility index (Phi) is 3.63. The molecule has 2 aromatic carbocycles. The van der Waals surface area contributed by atoms with E-state index in [1.54, 1.807) is 4.68 Å². The molecule has 24 heavy (non-hydrogen) atoms. The molecule has 0 radical (unpaired) electrons. The second kappa shape index (κ2) is 6.08. The van der Waals surface area contributed by atoms with Gasteiger partial charge in [-0.05, 0) is 41.6 Å². The van der Waals surface area contributed by atoms with Crippen LogP contribution in [0.2, 0.25) is 0 Å². The van der Waals surface area contributed by atoms with Crippen molar-refractivity contribution in [3.63, 3.8) is 0 Å². The van der Waals surface area contributed by atoms with E-state index in [9.17, 15) is 0 Å². The molecule has 0 bridgehead atoms. The van der Waals surface area contributed by atoms with E-state index in [-0.39, 0.29) is 0 Å². The molecule has 0 aliphatic carbocycles. The standard InChI is InChI=1S/C18H15N5O/c1-2-24-17-10-6-5-9-16(17)23-18(20-21-22-23)15-12-11-13-7-3-4-8-14(13)19-15/h3-12H,2H2,1H3. The molecule has 0 aliphatic rings. The fourth-order valence-corrected chi connectivity index (χ4v) is 2.61. The number of aromatic nitrogens is 5. The average molecular weight is 317 g/mol. The highest BCUT2D eigenvalue weighted by molar-refractivity contribution is 5.80. The minimum atomic E-state index is 0.572. The van der Waals surface area contributed by atoms with Gasteiger partial charge in [0, 0.05) is 5.39 Å². The van der Waals surface area contributed by atoms with Gasteiger partial charge in [0.15, 0.2) is 0 Å². The van der Waals surface area contributed by atoms with Gasteiger partial charge in [-0.15, -0.1) is 5.10 Å². The third kappa shape index (κ3) is 2.48. The average Bonchev–Trinajstić information content (AvgIpc) is 3.11. The van der Waals surface area contributed by atoms with E-state index in [2.05, 4.69) is 20.5 Å². The molecule has 118 valence electrons. The first kappa shape index (κ1) is 14.3. The van der Waals surface area contributed by atoms with Crippen molar-refractivity contribution < 1.29 is 4.74 Å². The topological polar surface area (TPSA) is 65.7 Å². The molecular weight excluding hydrogens is 302 g/mol. The summed E-state index contributed by atoms with van der Waals surface area (Å²) in [4.78, 5) is 4.68. The van der Waals surface area contributed by atoms with Gasteiger partial charge in [-0.1, -0.05) is 36.4 Å². The number of benzene rings is 2. The third-order valence-electron chi connectivity index (χ3n) is 3.69. The molecule has 2 aromatic heterocycles. The van der Waals surface area contributed by atoms with E-state index in [1.807, 2.05) is 67.6 Å². The maximum absolute atomic E-state index is 5.69. The molecule has 0 unspecified atom stereocenters. The molecule has 0 aliphatic heterocycles. The third-order valence-corrected chi connectivity index (χ3v) is 3.69. The quantitative estimate of drug-likeness (QED) is 0.578. The predicted octanol–water partition coefficient (Wildman–Crippen LogP) is 3.28. The van der Waals surface area contributed by atoms with E-state index in [0.29, 0.717) is 18.1 Å². The van der Waals surface area contributed by atoms with Crippen molar-refractivity contribution in [3.8, 4) is 23.0 Å². The molecule has 0 atom stereocenters. The van der Waals surface area contributed by atoms with Gasteiger partial charge in [0.1, 0.15) is 17.1 Å². The van der Waals surface area contributed by atoms with E-state index >= 15 is 0 Å². The molecule has 0 spiro atoms. The van der Waals surface area contributed by atoms with Gasteiger partial charge >= 0.3 is 0 Å². The monoisotopic (exact) mass is 317 g/mol. The number of pyridine rings is 1. The maximum Gasteiger partial charge on any atom is 0.205 e. The molecule has 0 N–H and O–H groups in total. The minimum Gasteiger partial charge on any atom is -0.492 e. The Balaban J connectivity index is 1.85. The summed E-state index contributed by atoms with van der Waals surface area (Å²) >= 11 is 0. The molecule has 2 heterocycles. The van der Waals surface area contributed by atoms with Crippen molar-refractivity contribution in [2.45, 2.75) is 6.92 Å². The number of para-hydroxylation sites is 3. The lowest BCUT2D eigenvalue weighted by molar-refractivity contribution is 0.338. The van der Waals surface area contributed by atoms with Crippen LogP contribution in [0.25, 0.3) is 28.1 Å². The highest BCUT2D eigenvalue weighted by Crippen LogP contribution is 2.26. The molecule has 0 fully saturated rings. The Morgan fingerprint density at radius 2 is 1.79 bits per heavy atom. The van der Waals surface area contributed by atoms with Crippen LogP contribution < -0.4 is 4.74 Å². The van der Waals surface area contributed by atoms with E-state index in [0.717, 1.165) is 22.3 Å². The summed E-state index contributed by atoms with van der Waals surface area (Å²) in [5.41, 5.74) is 2.40. The molecule has 0 saturated carbocycles. The predicted molar refractivity (Wildman–Crippen MR) is 91.1 cm³/mol. The van der Waals surface area contributed by atoms with Crippen LogP contribution in [0.4, 0.5) is 0 Å². The van der Waals surface area contributed by atoms with Gasteiger partial charge < -0.3 is 4.74 Å². The van der Waals surface area contributed by atoms with Gasteiger partial charge in [0.25, 0.3) is 0 Å². The lowest BCUT2D eigenvalue weighted by Crippen LogP contribution is -2.04. The normalized spacial score (nSPS) is 10.9. The van der Waals surface area contributed by atoms with Crippen LogP contribution in [0.1, 0.15) is 6.92 Å². The first-order chi connectivity index (χ1) is 11.9. The van der Waals surface area contributed by atoms with Gasteiger partial charge in [-0.2, -0.15) is 4.68 Å². The first-order valence-electron chi connectivity index (χ1n) is 7.73. The Morgan fingerprint density at radius 1 is 0.958 bits per heavy atom. The van der Waals surface area contributed by atoms with E-state index in [1.165, 1.54) is 0 Å². The zero-order chi connectivity index (χ0) is 16.4. The molecule has 6 nitrogen and oxygen atoms in total. The fourth-order valence-electron chi connectivity index (χ4n) is 2.61. The van der Waals surface area contributed by atoms with Gasteiger partial charge in [0.05, 0.1) is 12.1 Å². The number of rotatable bonds is 4. The summed E-state index contributed by atoms with van der Waals surface area (Å²) < 4.78 is 7.34. The second-order valence-electron chi connectivity index (χ2n) is 5.20. The summed E-state index contributed by atoms with van der Waals surface area (Å²) in [6, 6.07) is 19.6. The lowest BCUT2D eigenvalue weighted by atomic mass is 10.2. The minimum absolute atomic E-state index is 0.572. The van der Waals surface area contributed by atoms with Crippen LogP contribution in [0.3, 0.4) is 0 Å². The summed E-state index contributed by atoms with van der Waals surface area (Å²) in [5, 5.41) is 13.2. The number of hydrogen-bond donors (Lipinski definition) is 0. The number of fused-ring (bicyclic) bond motifs is 1. The first-order valence-corrected chi connectivity index (χ1v) is 7.73. The van der Waals surface area contributed by atoms with Crippen molar-refractivity contribution in [2.75, 3.05) is 6.61 Å². The Bertz CT molecular complexity index is 995. The summed E-state index contributed by atoms with van der Waals surface area (Å²) in [6.07, 6.45) is 0. The Hall–Kier alpha value is -3.28. The van der Waals surface area contributed by atoms with Crippen LogP contribution in [0.15, 0.2) is 60.7 Å². The highest BCUT2D eigenvalue weighted by atomic mass is 16.5. The number of hydrogen-bond acceptors (Lipinski definition) is 5. The molecule has 0 saturated heterocycles. The smallest absolute Gasteiger partial charge is 0.205 e. The number of nitrogens with zero attached hydrogens (tertiary/aromatic N) is 5. The van der Waals surface area contributed by atoms with Crippen LogP contribution in [0, 0.1) is 0 Å². The molecule has 4 aromatic rings. The zero-order valence-corrected chi connectivity index (χ0v) is 13.1. The van der Waals surface area contributed by atoms with Crippen molar-refractivity contribution in [1.29, 1.82) is 0 Å². The van der Waals surface area contributed by atoms with Crippen molar-refractivity contribution in [1.82, 2.24) is 25.2 Å². The number of tetrazole rings is 1.